The monoisotopic (exact) mass is 352 g/mol. The van der Waals surface area contributed by atoms with Crippen molar-refractivity contribution >= 4 is 33.5 Å². The number of rotatable bonds is 3. The Kier molecular flexibility index (Phi) is 4.32. The number of nitrogens with one attached hydrogen (secondary N) is 1. The average molecular weight is 353 g/mol. The van der Waals surface area contributed by atoms with Crippen molar-refractivity contribution in [2.75, 3.05) is 5.32 Å². The van der Waals surface area contributed by atoms with Gasteiger partial charge in [0, 0.05) is 4.47 Å². The number of halogens is 2. The number of anilines is 1. The van der Waals surface area contributed by atoms with E-state index in [9.17, 15) is 14.0 Å². The maximum atomic E-state index is 13.6. The van der Waals surface area contributed by atoms with E-state index in [2.05, 4.69) is 26.2 Å². The van der Waals surface area contributed by atoms with Crippen molar-refractivity contribution in [3.05, 3.63) is 57.6 Å². The van der Waals surface area contributed by atoms with Crippen LogP contribution in [0.1, 0.15) is 26.5 Å². The van der Waals surface area contributed by atoms with Crippen molar-refractivity contribution in [3.8, 4) is 0 Å². The Morgan fingerprint density at radius 1 is 1.29 bits per heavy atom. The largest absolute Gasteiger partial charge is 0.478 e. The molecule has 0 atom stereocenters. The van der Waals surface area contributed by atoms with Crippen molar-refractivity contribution < 1.29 is 19.1 Å². The van der Waals surface area contributed by atoms with Crippen LogP contribution in [0, 0.1) is 12.7 Å². The minimum atomic E-state index is -1.12. The molecule has 1 aromatic heterocycles. The van der Waals surface area contributed by atoms with Crippen LogP contribution in [0.3, 0.4) is 0 Å². The van der Waals surface area contributed by atoms with Crippen molar-refractivity contribution in [2.24, 2.45) is 0 Å². The van der Waals surface area contributed by atoms with Crippen molar-refractivity contribution in [1.29, 1.82) is 0 Å². The van der Waals surface area contributed by atoms with Crippen LogP contribution >= 0.6 is 15.9 Å². The summed E-state index contributed by atoms with van der Waals surface area (Å²) in [5.74, 6) is -2.32. The third-order valence-corrected chi connectivity index (χ3v) is 3.22. The van der Waals surface area contributed by atoms with E-state index in [1.165, 1.54) is 37.3 Å². The molecule has 7 heteroatoms. The zero-order valence-electron chi connectivity index (χ0n) is 10.9. The molecule has 0 aliphatic heterocycles. The first-order chi connectivity index (χ1) is 9.88. The minimum absolute atomic E-state index is 0.0103. The van der Waals surface area contributed by atoms with E-state index >= 15 is 0 Å². The molecule has 108 valence electrons. The topological polar surface area (TPSA) is 79.3 Å². The van der Waals surface area contributed by atoms with Crippen LogP contribution in [0.15, 0.2) is 34.8 Å². The normalized spacial score (nSPS) is 10.2. The Morgan fingerprint density at radius 3 is 2.62 bits per heavy atom. The summed E-state index contributed by atoms with van der Waals surface area (Å²) in [4.78, 5) is 26.8. The minimum Gasteiger partial charge on any atom is -0.478 e. The fourth-order valence-electron chi connectivity index (χ4n) is 1.69. The van der Waals surface area contributed by atoms with Crippen molar-refractivity contribution in [2.45, 2.75) is 6.92 Å². The number of aryl methyl sites for hydroxylation is 1. The van der Waals surface area contributed by atoms with Gasteiger partial charge in [0.05, 0.1) is 16.9 Å². The van der Waals surface area contributed by atoms with Crippen molar-refractivity contribution in [1.82, 2.24) is 4.98 Å². The third-order valence-electron chi connectivity index (χ3n) is 2.73. The Balaban J connectivity index is 2.26. The fourth-order valence-corrected chi connectivity index (χ4v) is 2.05. The lowest BCUT2D eigenvalue weighted by molar-refractivity contribution is 0.0695. The number of hydrogen-bond donors (Lipinski definition) is 2. The molecule has 1 amide bonds. The highest BCUT2D eigenvalue weighted by Gasteiger charge is 2.14. The van der Waals surface area contributed by atoms with Gasteiger partial charge in [0.15, 0.2) is 0 Å². The smallest absolute Gasteiger partial charge is 0.337 e. The molecule has 0 bridgehead atoms. The molecule has 5 nitrogen and oxygen atoms in total. The van der Waals surface area contributed by atoms with E-state index in [4.69, 9.17) is 5.11 Å². The summed E-state index contributed by atoms with van der Waals surface area (Å²) in [5, 5.41) is 11.3. The van der Waals surface area contributed by atoms with Gasteiger partial charge in [-0.2, -0.15) is 0 Å². The second-order valence-electron chi connectivity index (χ2n) is 4.21. The number of aromatic carboxylic acids is 1. The number of amides is 1. The van der Waals surface area contributed by atoms with Gasteiger partial charge in [0.2, 0.25) is 0 Å². The molecule has 2 N–H and O–H groups in total. The number of hydrogen-bond acceptors (Lipinski definition) is 3. The molecule has 0 unspecified atom stereocenters. The molecule has 1 heterocycles. The predicted molar refractivity (Wildman–Crippen MR) is 78.0 cm³/mol. The van der Waals surface area contributed by atoms with Crippen molar-refractivity contribution in [3.63, 3.8) is 0 Å². The Bertz CT molecular complexity index is 734. The average Bonchev–Trinajstić information content (AvgIpc) is 2.42. The second kappa shape index (κ2) is 6.01. The Labute approximate surface area is 128 Å². The van der Waals surface area contributed by atoms with Crippen LogP contribution in [-0.2, 0) is 0 Å². The maximum absolute atomic E-state index is 13.6. The van der Waals surface area contributed by atoms with Gasteiger partial charge in [-0.15, -0.1) is 0 Å². The Hall–Kier alpha value is -2.28. The highest BCUT2D eigenvalue weighted by Crippen LogP contribution is 2.20. The molecule has 0 spiro atoms. The van der Waals surface area contributed by atoms with Crippen LogP contribution in [0.5, 0.6) is 0 Å². The lowest BCUT2D eigenvalue weighted by atomic mass is 10.2. The maximum Gasteiger partial charge on any atom is 0.337 e. The van der Waals surface area contributed by atoms with Gasteiger partial charge in [-0.05, 0) is 37.3 Å². The quantitative estimate of drug-likeness (QED) is 0.888. The molecular weight excluding hydrogens is 343 g/mol. The lowest BCUT2D eigenvalue weighted by Crippen LogP contribution is -2.16. The lowest BCUT2D eigenvalue weighted by Gasteiger charge is -2.08. The van der Waals surface area contributed by atoms with Gasteiger partial charge in [-0.25, -0.2) is 14.2 Å². The number of carbonyl (C=O) groups is 2. The van der Waals surface area contributed by atoms with Crippen LogP contribution in [-0.4, -0.2) is 22.0 Å². The predicted octanol–water partition coefficient (Wildman–Crippen LogP) is 3.24. The van der Waals surface area contributed by atoms with Crippen LogP contribution in [0.2, 0.25) is 0 Å². The number of nitrogens with zero attached hydrogens (tertiary/aromatic N) is 1. The molecule has 0 fully saturated rings. The molecule has 2 aromatic rings. The fraction of sp³-hybridized carbons (Fsp3) is 0.0714. The van der Waals surface area contributed by atoms with E-state index < -0.39 is 17.7 Å². The highest BCUT2D eigenvalue weighted by atomic mass is 79.9. The molecule has 2 rings (SSSR count). The molecule has 0 saturated heterocycles. The standard InChI is InChI=1S/C14H10BrFN2O3/c1-7-9(14(20)21)3-5-11(17-7)13(19)18-12-6-8(15)2-4-10(12)16/h2-6H,1H3,(H,18,19)(H,20,21). The van der Waals surface area contributed by atoms with E-state index in [0.29, 0.717) is 4.47 Å². The molecule has 0 aliphatic carbocycles. The molecule has 0 aliphatic rings. The number of carbonyl (C=O) groups excluding carboxylic acids is 1. The summed E-state index contributed by atoms with van der Waals surface area (Å²) < 4.78 is 14.2. The summed E-state index contributed by atoms with van der Waals surface area (Å²) >= 11 is 3.18. The first-order valence-electron chi connectivity index (χ1n) is 5.86. The first-order valence-corrected chi connectivity index (χ1v) is 6.65. The van der Waals surface area contributed by atoms with Gasteiger partial charge in [0.25, 0.3) is 5.91 Å². The summed E-state index contributed by atoms with van der Waals surface area (Å²) in [6, 6.07) is 6.71. The molecule has 21 heavy (non-hydrogen) atoms. The zero-order valence-corrected chi connectivity index (χ0v) is 12.4. The molecule has 0 radical (unpaired) electrons. The molecular formula is C14H10BrFN2O3. The Morgan fingerprint density at radius 2 is 2.00 bits per heavy atom. The van der Waals surface area contributed by atoms with Gasteiger partial charge in [-0.1, -0.05) is 15.9 Å². The van der Waals surface area contributed by atoms with Gasteiger partial charge >= 0.3 is 5.97 Å². The molecule has 0 saturated carbocycles. The SMILES string of the molecule is Cc1nc(C(=O)Nc2cc(Br)ccc2F)ccc1C(=O)O. The van der Waals surface area contributed by atoms with E-state index in [1.54, 1.807) is 0 Å². The second-order valence-corrected chi connectivity index (χ2v) is 5.13. The summed E-state index contributed by atoms with van der Waals surface area (Å²) in [6.45, 7) is 1.49. The number of carboxylic acids is 1. The summed E-state index contributed by atoms with van der Waals surface area (Å²) in [5.41, 5.74) is 0.248. The van der Waals surface area contributed by atoms with Crippen LogP contribution < -0.4 is 5.32 Å². The summed E-state index contributed by atoms with van der Waals surface area (Å²) in [6.07, 6.45) is 0. The van der Waals surface area contributed by atoms with E-state index in [0.717, 1.165) is 0 Å². The number of benzene rings is 1. The number of pyridine rings is 1. The highest BCUT2D eigenvalue weighted by molar-refractivity contribution is 9.10. The van der Waals surface area contributed by atoms with E-state index in [1.807, 2.05) is 0 Å². The van der Waals surface area contributed by atoms with Gasteiger partial charge in [0.1, 0.15) is 11.5 Å². The third kappa shape index (κ3) is 3.43. The van der Waals surface area contributed by atoms with E-state index in [-0.39, 0.29) is 22.6 Å². The number of carboxylic acid groups (broad SMARTS) is 1. The summed E-state index contributed by atoms with van der Waals surface area (Å²) in [7, 11) is 0. The van der Waals surface area contributed by atoms with Crippen LogP contribution in [0.4, 0.5) is 10.1 Å². The van der Waals surface area contributed by atoms with Crippen LogP contribution in [0.25, 0.3) is 0 Å². The first kappa shape index (κ1) is 15.1. The molecule has 1 aromatic carbocycles. The van der Waals surface area contributed by atoms with Gasteiger partial charge < -0.3 is 10.4 Å². The zero-order chi connectivity index (χ0) is 15.6. The number of aromatic nitrogens is 1. The van der Waals surface area contributed by atoms with Gasteiger partial charge in [-0.3, -0.25) is 4.79 Å².